The first-order valence-corrected chi connectivity index (χ1v) is 13.8. The van der Waals surface area contributed by atoms with Crippen molar-refractivity contribution in [1.29, 1.82) is 0 Å². The number of benzene rings is 3. The number of carbonyl (C=O) groups excluding carboxylic acids is 1. The standard InChI is InChI=1S/C30H32ClN3O3S/c1-30(2,3)23-10-5-21(6-11-23)19-38-29-33-26-17-22(27(35)32-15-16-37-4)9-14-25(26)28(36)34(29)18-20-7-12-24(31)13-8-20/h5-14,17H,15-16,18-19H2,1-4H3,(H,32,35). The second-order valence-electron chi connectivity index (χ2n) is 10.1. The molecular weight excluding hydrogens is 518 g/mol. The second kappa shape index (κ2) is 12.2. The zero-order valence-electron chi connectivity index (χ0n) is 22.1. The molecule has 0 saturated carbocycles. The summed E-state index contributed by atoms with van der Waals surface area (Å²) in [4.78, 5) is 31.1. The van der Waals surface area contributed by atoms with E-state index >= 15 is 0 Å². The van der Waals surface area contributed by atoms with Gasteiger partial charge in [-0.3, -0.25) is 14.2 Å². The summed E-state index contributed by atoms with van der Waals surface area (Å²) in [6.45, 7) is 7.76. The van der Waals surface area contributed by atoms with Gasteiger partial charge in [-0.25, -0.2) is 4.98 Å². The van der Waals surface area contributed by atoms with Crippen LogP contribution in [0.4, 0.5) is 0 Å². The fraction of sp³-hybridized carbons (Fsp3) is 0.300. The third-order valence-corrected chi connectivity index (χ3v) is 7.52. The monoisotopic (exact) mass is 549 g/mol. The number of rotatable bonds is 9. The lowest BCUT2D eigenvalue weighted by Crippen LogP contribution is -2.27. The summed E-state index contributed by atoms with van der Waals surface area (Å²) in [7, 11) is 1.58. The quantitative estimate of drug-likeness (QED) is 0.156. The molecule has 0 atom stereocenters. The number of halogens is 1. The number of fused-ring (bicyclic) bond motifs is 1. The molecule has 1 amide bonds. The normalized spacial score (nSPS) is 11.6. The van der Waals surface area contributed by atoms with Gasteiger partial charge in [-0.15, -0.1) is 0 Å². The van der Waals surface area contributed by atoms with Gasteiger partial charge in [0.2, 0.25) is 0 Å². The van der Waals surface area contributed by atoms with E-state index in [0.29, 0.717) is 52.1 Å². The summed E-state index contributed by atoms with van der Waals surface area (Å²) in [5, 5.41) is 4.51. The maximum Gasteiger partial charge on any atom is 0.262 e. The number of ether oxygens (including phenoxy) is 1. The van der Waals surface area contributed by atoms with Crippen molar-refractivity contribution in [3.05, 3.63) is 104 Å². The van der Waals surface area contributed by atoms with E-state index in [1.807, 2.05) is 24.3 Å². The molecule has 1 heterocycles. The Kier molecular flexibility index (Phi) is 8.92. The molecule has 4 aromatic rings. The van der Waals surface area contributed by atoms with Crippen molar-refractivity contribution < 1.29 is 9.53 Å². The summed E-state index contributed by atoms with van der Waals surface area (Å²) in [6, 6.07) is 21.0. The molecule has 198 valence electrons. The molecular formula is C30H32ClN3O3S. The molecule has 6 nitrogen and oxygen atoms in total. The molecule has 0 fully saturated rings. The molecule has 8 heteroatoms. The Morgan fingerprint density at radius 3 is 2.37 bits per heavy atom. The number of nitrogens with one attached hydrogen (secondary N) is 1. The molecule has 0 aliphatic heterocycles. The minimum Gasteiger partial charge on any atom is -0.383 e. The van der Waals surface area contributed by atoms with Gasteiger partial charge in [0.15, 0.2) is 5.16 Å². The van der Waals surface area contributed by atoms with Crippen LogP contribution in [0.3, 0.4) is 0 Å². The second-order valence-corrected chi connectivity index (χ2v) is 11.5. The van der Waals surface area contributed by atoms with Gasteiger partial charge in [-0.2, -0.15) is 0 Å². The molecule has 4 rings (SSSR count). The highest BCUT2D eigenvalue weighted by atomic mass is 35.5. The highest BCUT2D eigenvalue weighted by molar-refractivity contribution is 7.98. The van der Waals surface area contributed by atoms with Crippen LogP contribution in [-0.4, -0.2) is 35.7 Å². The number of thioether (sulfide) groups is 1. The van der Waals surface area contributed by atoms with Crippen LogP contribution in [0.1, 0.15) is 47.8 Å². The molecule has 1 aromatic heterocycles. The van der Waals surface area contributed by atoms with E-state index in [1.54, 1.807) is 29.9 Å². The lowest BCUT2D eigenvalue weighted by atomic mass is 9.87. The van der Waals surface area contributed by atoms with Crippen molar-refractivity contribution in [2.75, 3.05) is 20.3 Å². The number of nitrogens with zero attached hydrogens (tertiary/aromatic N) is 2. The molecule has 0 aliphatic rings. The first kappa shape index (κ1) is 27.9. The summed E-state index contributed by atoms with van der Waals surface area (Å²) in [6.07, 6.45) is 0. The molecule has 0 unspecified atom stereocenters. The fourth-order valence-electron chi connectivity index (χ4n) is 3.98. The van der Waals surface area contributed by atoms with E-state index < -0.39 is 0 Å². The number of hydrogen-bond donors (Lipinski definition) is 1. The summed E-state index contributed by atoms with van der Waals surface area (Å²) >= 11 is 7.57. The van der Waals surface area contributed by atoms with Crippen LogP contribution in [0.15, 0.2) is 76.7 Å². The number of aromatic nitrogens is 2. The lowest BCUT2D eigenvalue weighted by Gasteiger charge is -2.19. The van der Waals surface area contributed by atoms with Crippen molar-refractivity contribution in [3.63, 3.8) is 0 Å². The Bertz CT molecular complexity index is 1480. The molecule has 0 spiro atoms. The van der Waals surface area contributed by atoms with Crippen LogP contribution in [0.25, 0.3) is 10.9 Å². The Morgan fingerprint density at radius 1 is 1.03 bits per heavy atom. The van der Waals surface area contributed by atoms with Crippen LogP contribution in [0.2, 0.25) is 5.02 Å². The molecule has 38 heavy (non-hydrogen) atoms. The van der Waals surface area contributed by atoms with E-state index in [1.165, 1.54) is 17.3 Å². The number of hydrogen-bond acceptors (Lipinski definition) is 5. The van der Waals surface area contributed by atoms with Crippen LogP contribution < -0.4 is 10.9 Å². The van der Waals surface area contributed by atoms with Crippen LogP contribution in [-0.2, 0) is 22.4 Å². The Hall–Kier alpha value is -3.13. The number of methoxy groups -OCH3 is 1. The van der Waals surface area contributed by atoms with Crippen molar-refractivity contribution in [2.24, 2.45) is 0 Å². The predicted molar refractivity (Wildman–Crippen MR) is 155 cm³/mol. The number of carbonyl (C=O) groups is 1. The molecule has 1 N–H and O–H groups in total. The highest BCUT2D eigenvalue weighted by Gasteiger charge is 2.16. The largest absolute Gasteiger partial charge is 0.383 e. The highest BCUT2D eigenvalue weighted by Crippen LogP contribution is 2.26. The van der Waals surface area contributed by atoms with Crippen molar-refractivity contribution in [3.8, 4) is 0 Å². The molecule has 0 saturated heterocycles. The van der Waals surface area contributed by atoms with E-state index in [2.05, 4.69) is 50.4 Å². The number of amides is 1. The maximum atomic E-state index is 13.6. The summed E-state index contributed by atoms with van der Waals surface area (Å²) in [5.74, 6) is 0.421. The molecule has 0 radical (unpaired) electrons. The summed E-state index contributed by atoms with van der Waals surface area (Å²) < 4.78 is 6.70. The van der Waals surface area contributed by atoms with E-state index in [9.17, 15) is 9.59 Å². The first-order valence-electron chi connectivity index (χ1n) is 12.4. The van der Waals surface area contributed by atoms with Gasteiger partial charge in [0.25, 0.3) is 11.5 Å². The van der Waals surface area contributed by atoms with E-state index in [4.69, 9.17) is 21.3 Å². The molecule has 0 bridgehead atoms. The topological polar surface area (TPSA) is 73.2 Å². The van der Waals surface area contributed by atoms with Gasteiger partial charge in [0.05, 0.1) is 24.1 Å². The maximum absolute atomic E-state index is 13.6. The van der Waals surface area contributed by atoms with Gasteiger partial charge in [-0.1, -0.05) is 80.5 Å². The minimum atomic E-state index is -0.232. The Labute approximate surface area is 232 Å². The fourth-order valence-corrected chi connectivity index (χ4v) is 5.06. The molecule has 0 aliphatic carbocycles. The van der Waals surface area contributed by atoms with Crippen molar-refractivity contribution >= 4 is 40.2 Å². The third kappa shape index (κ3) is 6.84. The zero-order chi connectivity index (χ0) is 27.3. The van der Waals surface area contributed by atoms with Crippen LogP contribution >= 0.6 is 23.4 Å². The zero-order valence-corrected chi connectivity index (χ0v) is 23.7. The average Bonchev–Trinajstić information content (AvgIpc) is 2.90. The van der Waals surface area contributed by atoms with Gasteiger partial charge in [-0.05, 0) is 52.4 Å². The van der Waals surface area contributed by atoms with Gasteiger partial charge < -0.3 is 10.1 Å². The average molecular weight is 550 g/mol. The van der Waals surface area contributed by atoms with Crippen LogP contribution in [0.5, 0.6) is 0 Å². The van der Waals surface area contributed by atoms with E-state index in [-0.39, 0.29) is 16.9 Å². The van der Waals surface area contributed by atoms with Crippen molar-refractivity contribution in [1.82, 2.24) is 14.9 Å². The SMILES string of the molecule is COCCNC(=O)c1ccc2c(=O)n(Cc3ccc(Cl)cc3)c(SCc3ccc(C(C)(C)C)cc3)nc2c1. The van der Waals surface area contributed by atoms with E-state index in [0.717, 1.165) is 11.1 Å². The van der Waals surface area contributed by atoms with Gasteiger partial charge >= 0.3 is 0 Å². The lowest BCUT2D eigenvalue weighted by molar-refractivity contribution is 0.0937. The Morgan fingerprint density at radius 2 is 1.71 bits per heavy atom. The molecule has 3 aromatic carbocycles. The smallest absolute Gasteiger partial charge is 0.262 e. The van der Waals surface area contributed by atoms with Crippen LogP contribution in [0, 0.1) is 0 Å². The third-order valence-electron chi connectivity index (χ3n) is 6.22. The van der Waals surface area contributed by atoms with Gasteiger partial charge in [0, 0.05) is 30.0 Å². The Balaban J connectivity index is 1.69. The van der Waals surface area contributed by atoms with Gasteiger partial charge in [0.1, 0.15) is 0 Å². The summed E-state index contributed by atoms with van der Waals surface area (Å²) in [5.41, 5.74) is 4.23. The predicted octanol–water partition coefficient (Wildman–Crippen LogP) is 6.06. The van der Waals surface area contributed by atoms with Crippen molar-refractivity contribution in [2.45, 2.75) is 43.6 Å². The first-order chi connectivity index (χ1) is 18.2. The minimum absolute atomic E-state index is 0.0815.